The molecule has 7 nitrogen and oxygen atoms in total. The Bertz CT molecular complexity index is 1310. The number of unbranched alkanes of at least 4 members (excludes halogenated alkanes) is 1. The van der Waals surface area contributed by atoms with Crippen LogP contribution in [0.1, 0.15) is 30.9 Å². The molecule has 0 N–H and O–H groups in total. The number of aromatic nitrogens is 1. The van der Waals surface area contributed by atoms with Crippen LogP contribution in [0.15, 0.2) is 47.4 Å². The fourth-order valence-electron chi connectivity index (χ4n) is 4.02. The normalized spacial score (nSPS) is 14.4. The van der Waals surface area contributed by atoms with Crippen molar-refractivity contribution in [3.05, 3.63) is 58.6 Å². The van der Waals surface area contributed by atoms with Gasteiger partial charge >= 0.3 is 0 Å². The van der Waals surface area contributed by atoms with Crippen molar-refractivity contribution in [2.75, 3.05) is 30.9 Å². The van der Waals surface area contributed by atoms with E-state index < -0.39 is 9.84 Å². The Hall–Kier alpha value is -2.97. The van der Waals surface area contributed by atoms with Gasteiger partial charge in [-0.3, -0.25) is 0 Å². The minimum Gasteiger partial charge on any atom is -0.497 e. The fraction of sp³-hybridized carbons (Fsp3) is 0.346. The minimum atomic E-state index is -3.68. The van der Waals surface area contributed by atoms with Crippen molar-refractivity contribution in [1.29, 1.82) is 0 Å². The molecule has 0 amide bonds. The Morgan fingerprint density at radius 1 is 1.00 bits per heavy atom. The smallest absolute Gasteiger partial charge is 0.247 e. The largest absolute Gasteiger partial charge is 0.497 e. The Labute approximate surface area is 211 Å². The summed E-state index contributed by atoms with van der Waals surface area (Å²) < 4.78 is 44.1. The molecule has 2 aromatic carbocycles. The molecule has 4 rings (SSSR count). The van der Waals surface area contributed by atoms with E-state index in [-0.39, 0.29) is 27.4 Å². The first-order valence-electron chi connectivity index (χ1n) is 11.5. The van der Waals surface area contributed by atoms with Gasteiger partial charge in [0.25, 0.3) is 0 Å². The van der Waals surface area contributed by atoms with E-state index in [0.717, 1.165) is 24.0 Å². The standard InChI is InChI=1S/C26H29ClN2O5S/c1-5-6-14-29-15-16-35(30,31)24-21(27)25(34-23-17(2)8-7-9-18(23)3)28-26(22(24)29)33-20-12-10-19(32-4)11-13-20/h7-13H,5-6,14-16H2,1-4H3. The summed E-state index contributed by atoms with van der Waals surface area (Å²) >= 11 is 6.71. The zero-order chi connectivity index (χ0) is 25.2. The van der Waals surface area contributed by atoms with Crippen molar-refractivity contribution in [3.63, 3.8) is 0 Å². The number of pyridine rings is 1. The predicted molar refractivity (Wildman–Crippen MR) is 137 cm³/mol. The van der Waals surface area contributed by atoms with Gasteiger partial charge < -0.3 is 19.1 Å². The van der Waals surface area contributed by atoms with Crippen LogP contribution in [-0.4, -0.2) is 39.4 Å². The molecule has 2 heterocycles. The van der Waals surface area contributed by atoms with E-state index in [4.69, 9.17) is 25.8 Å². The number of benzene rings is 2. The van der Waals surface area contributed by atoms with Crippen LogP contribution >= 0.6 is 11.6 Å². The summed E-state index contributed by atoms with van der Waals surface area (Å²) in [5.74, 6) is 1.82. The first kappa shape index (κ1) is 25.1. The maximum atomic E-state index is 13.3. The lowest BCUT2D eigenvalue weighted by molar-refractivity contribution is 0.408. The van der Waals surface area contributed by atoms with E-state index in [2.05, 4.69) is 11.9 Å². The van der Waals surface area contributed by atoms with Crippen LogP contribution in [0.25, 0.3) is 0 Å². The van der Waals surface area contributed by atoms with E-state index in [0.29, 0.717) is 36.0 Å². The molecule has 1 aliphatic rings. The molecule has 0 bridgehead atoms. The Morgan fingerprint density at radius 3 is 2.29 bits per heavy atom. The molecular formula is C26H29ClN2O5S. The fourth-order valence-corrected chi connectivity index (χ4v) is 6.08. The van der Waals surface area contributed by atoms with Gasteiger partial charge in [-0.25, -0.2) is 8.42 Å². The second-order valence-electron chi connectivity index (χ2n) is 8.47. The van der Waals surface area contributed by atoms with E-state index >= 15 is 0 Å². The summed E-state index contributed by atoms with van der Waals surface area (Å²) in [7, 11) is -2.10. The van der Waals surface area contributed by atoms with Gasteiger partial charge in [0.1, 0.15) is 32.9 Å². The van der Waals surface area contributed by atoms with Crippen LogP contribution in [0.3, 0.4) is 0 Å². The van der Waals surface area contributed by atoms with Gasteiger partial charge in [-0.2, -0.15) is 4.98 Å². The van der Waals surface area contributed by atoms with Crippen LogP contribution in [-0.2, 0) is 9.84 Å². The van der Waals surface area contributed by atoms with Crippen LogP contribution in [0.2, 0.25) is 5.02 Å². The molecule has 0 aliphatic carbocycles. The number of ether oxygens (including phenoxy) is 3. The zero-order valence-electron chi connectivity index (χ0n) is 20.3. The van der Waals surface area contributed by atoms with Gasteiger partial charge in [-0.1, -0.05) is 43.1 Å². The quantitative estimate of drug-likeness (QED) is 0.345. The highest BCUT2D eigenvalue weighted by molar-refractivity contribution is 7.91. The molecule has 0 unspecified atom stereocenters. The molecule has 1 aromatic heterocycles. The molecule has 0 saturated heterocycles. The summed E-state index contributed by atoms with van der Waals surface area (Å²) in [6, 6.07) is 12.7. The third-order valence-corrected chi connectivity index (χ3v) is 8.13. The Morgan fingerprint density at radius 2 is 1.66 bits per heavy atom. The Kier molecular flexibility index (Phi) is 7.42. The van der Waals surface area contributed by atoms with Crippen LogP contribution in [0, 0.1) is 13.8 Å². The highest BCUT2D eigenvalue weighted by atomic mass is 35.5. The summed E-state index contributed by atoms with van der Waals surface area (Å²) in [6.07, 6.45) is 1.85. The minimum absolute atomic E-state index is 0.00117. The highest BCUT2D eigenvalue weighted by Crippen LogP contribution is 2.48. The van der Waals surface area contributed by atoms with Gasteiger partial charge in [0.2, 0.25) is 11.8 Å². The number of aryl methyl sites for hydroxylation is 2. The number of hydrogen-bond acceptors (Lipinski definition) is 7. The monoisotopic (exact) mass is 516 g/mol. The summed E-state index contributed by atoms with van der Waals surface area (Å²) in [6.45, 7) is 6.90. The highest BCUT2D eigenvalue weighted by Gasteiger charge is 2.37. The number of sulfone groups is 1. The van der Waals surface area contributed by atoms with E-state index in [1.54, 1.807) is 31.4 Å². The molecule has 9 heteroatoms. The maximum Gasteiger partial charge on any atom is 0.247 e. The van der Waals surface area contributed by atoms with Gasteiger partial charge in [-0.05, 0) is 55.7 Å². The molecule has 0 radical (unpaired) electrons. The van der Waals surface area contributed by atoms with E-state index in [9.17, 15) is 8.42 Å². The van der Waals surface area contributed by atoms with Crippen molar-refractivity contribution in [3.8, 4) is 29.0 Å². The lowest BCUT2D eigenvalue weighted by atomic mass is 10.1. The molecule has 0 fully saturated rings. The summed E-state index contributed by atoms with van der Waals surface area (Å²) in [4.78, 5) is 6.60. The first-order valence-corrected chi connectivity index (χ1v) is 13.5. The molecule has 1 aliphatic heterocycles. The maximum absolute atomic E-state index is 13.3. The summed E-state index contributed by atoms with van der Waals surface area (Å²) in [5, 5.41) is -0.0362. The second-order valence-corrected chi connectivity index (χ2v) is 10.9. The average molecular weight is 517 g/mol. The van der Waals surface area contributed by atoms with Gasteiger partial charge in [0, 0.05) is 13.1 Å². The van der Waals surface area contributed by atoms with Crippen molar-refractivity contribution in [1.82, 2.24) is 4.98 Å². The average Bonchev–Trinajstić information content (AvgIpc) is 2.83. The number of anilines is 1. The SMILES string of the molecule is CCCCN1CCS(=O)(=O)c2c(Cl)c(Oc3c(C)cccc3C)nc(Oc3ccc(OC)cc3)c21. The van der Waals surface area contributed by atoms with E-state index in [1.165, 1.54) is 0 Å². The lowest BCUT2D eigenvalue weighted by Crippen LogP contribution is -2.36. The zero-order valence-corrected chi connectivity index (χ0v) is 21.9. The van der Waals surface area contributed by atoms with Crippen LogP contribution in [0.5, 0.6) is 29.0 Å². The van der Waals surface area contributed by atoms with Crippen molar-refractivity contribution < 1.29 is 22.6 Å². The number of para-hydroxylation sites is 1. The second kappa shape index (κ2) is 10.3. The topological polar surface area (TPSA) is 78.0 Å². The molecule has 35 heavy (non-hydrogen) atoms. The number of halogens is 1. The number of nitrogens with zero attached hydrogens (tertiary/aromatic N) is 2. The van der Waals surface area contributed by atoms with Gasteiger partial charge in [0.05, 0.1) is 12.9 Å². The number of methoxy groups -OCH3 is 1. The summed E-state index contributed by atoms with van der Waals surface area (Å²) in [5.41, 5.74) is 2.13. The van der Waals surface area contributed by atoms with Gasteiger partial charge in [0.15, 0.2) is 9.84 Å². The Balaban J connectivity index is 1.89. The molecular weight excluding hydrogens is 488 g/mol. The van der Waals surface area contributed by atoms with Crippen molar-refractivity contribution in [2.24, 2.45) is 0 Å². The molecule has 0 atom stereocenters. The van der Waals surface area contributed by atoms with Crippen molar-refractivity contribution >= 4 is 27.1 Å². The number of fused-ring (bicyclic) bond motifs is 1. The van der Waals surface area contributed by atoms with Gasteiger partial charge in [-0.15, -0.1) is 0 Å². The van der Waals surface area contributed by atoms with Crippen LogP contribution < -0.4 is 19.1 Å². The molecule has 0 saturated carbocycles. The predicted octanol–water partition coefficient (Wildman–Crippen LogP) is 6.34. The molecule has 186 valence electrons. The van der Waals surface area contributed by atoms with Crippen LogP contribution in [0.4, 0.5) is 5.69 Å². The number of rotatable bonds is 8. The molecule has 3 aromatic rings. The third-order valence-electron chi connectivity index (χ3n) is 5.93. The lowest BCUT2D eigenvalue weighted by Gasteiger charge is -2.32. The van der Waals surface area contributed by atoms with E-state index in [1.807, 2.05) is 36.9 Å². The number of hydrogen-bond donors (Lipinski definition) is 0. The first-order chi connectivity index (χ1) is 16.7. The van der Waals surface area contributed by atoms with Crippen molar-refractivity contribution in [2.45, 2.75) is 38.5 Å². The third kappa shape index (κ3) is 5.18. The molecule has 0 spiro atoms.